The molecule has 0 bridgehead atoms. The van der Waals surface area contributed by atoms with E-state index >= 15 is 0 Å². The molecule has 0 fully saturated rings. The van der Waals surface area contributed by atoms with E-state index in [2.05, 4.69) is 30.2 Å². The first-order valence-electron chi connectivity index (χ1n) is 7.54. The SMILES string of the molecule is COc1ccnc(C(=O)NC2c3ccccc3CC2(C)C)c1O. The third-order valence-electron chi connectivity index (χ3n) is 4.39. The number of carbonyl (C=O) groups excluding carboxylic acids is 1. The van der Waals surface area contributed by atoms with Crippen LogP contribution in [0.25, 0.3) is 0 Å². The standard InChI is InChI=1S/C18H20N2O3/c1-18(2)10-11-6-4-5-7-12(11)16(18)20-17(22)14-15(21)13(23-3)8-9-19-14/h4-9,16,21H,10H2,1-3H3,(H,20,22). The Morgan fingerprint density at radius 3 is 2.83 bits per heavy atom. The van der Waals surface area contributed by atoms with Gasteiger partial charge in [0.05, 0.1) is 13.2 Å². The van der Waals surface area contributed by atoms with Gasteiger partial charge in [0.2, 0.25) is 0 Å². The summed E-state index contributed by atoms with van der Waals surface area (Å²) in [6.07, 6.45) is 2.34. The minimum atomic E-state index is -0.406. The number of aromatic nitrogens is 1. The summed E-state index contributed by atoms with van der Waals surface area (Å²) < 4.78 is 5.03. The number of amides is 1. The largest absolute Gasteiger partial charge is 0.503 e. The van der Waals surface area contributed by atoms with Gasteiger partial charge >= 0.3 is 0 Å². The van der Waals surface area contributed by atoms with E-state index in [9.17, 15) is 9.90 Å². The lowest BCUT2D eigenvalue weighted by atomic mass is 9.85. The van der Waals surface area contributed by atoms with Gasteiger partial charge in [-0.2, -0.15) is 0 Å². The van der Waals surface area contributed by atoms with E-state index in [0.29, 0.717) is 0 Å². The highest BCUT2D eigenvalue weighted by molar-refractivity contribution is 5.96. The number of carbonyl (C=O) groups is 1. The molecule has 1 amide bonds. The molecule has 1 aromatic heterocycles. The van der Waals surface area contributed by atoms with Crippen LogP contribution in [0.1, 0.15) is 41.5 Å². The number of pyridine rings is 1. The molecular formula is C18H20N2O3. The monoisotopic (exact) mass is 312 g/mol. The zero-order chi connectivity index (χ0) is 16.6. The second-order valence-electron chi connectivity index (χ2n) is 6.48. The maximum Gasteiger partial charge on any atom is 0.274 e. The second-order valence-corrected chi connectivity index (χ2v) is 6.48. The van der Waals surface area contributed by atoms with Crippen molar-refractivity contribution in [1.29, 1.82) is 0 Å². The van der Waals surface area contributed by atoms with Crippen molar-refractivity contribution in [3.8, 4) is 11.5 Å². The summed E-state index contributed by atoms with van der Waals surface area (Å²) in [5.41, 5.74) is 2.23. The molecule has 1 aliphatic rings. The molecule has 3 rings (SSSR count). The molecule has 1 aliphatic carbocycles. The number of nitrogens with zero attached hydrogens (tertiary/aromatic N) is 1. The summed E-state index contributed by atoms with van der Waals surface area (Å²) in [5.74, 6) is -0.413. The second kappa shape index (κ2) is 5.57. The van der Waals surface area contributed by atoms with Crippen LogP contribution in [-0.2, 0) is 6.42 Å². The van der Waals surface area contributed by atoms with Crippen LogP contribution in [0.5, 0.6) is 11.5 Å². The highest BCUT2D eigenvalue weighted by atomic mass is 16.5. The summed E-state index contributed by atoms with van der Waals surface area (Å²) in [7, 11) is 1.44. The van der Waals surface area contributed by atoms with Gasteiger partial charge < -0.3 is 15.2 Å². The van der Waals surface area contributed by atoms with E-state index in [-0.39, 0.29) is 28.6 Å². The Morgan fingerprint density at radius 1 is 1.35 bits per heavy atom. The molecule has 0 saturated carbocycles. The fourth-order valence-corrected chi connectivity index (χ4v) is 3.23. The predicted molar refractivity (Wildman–Crippen MR) is 86.6 cm³/mol. The van der Waals surface area contributed by atoms with E-state index in [1.54, 1.807) is 0 Å². The minimum absolute atomic E-state index is 0.0236. The zero-order valence-electron chi connectivity index (χ0n) is 13.5. The highest BCUT2D eigenvalue weighted by Gasteiger charge is 2.40. The number of fused-ring (bicyclic) bond motifs is 1. The summed E-state index contributed by atoms with van der Waals surface area (Å²) in [4.78, 5) is 16.6. The number of aromatic hydroxyl groups is 1. The molecule has 1 aromatic carbocycles. The van der Waals surface area contributed by atoms with Crippen LogP contribution in [0.4, 0.5) is 0 Å². The van der Waals surface area contributed by atoms with Crippen LogP contribution >= 0.6 is 0 Å². The summed E-state index contributed by atoms with van der Waals surface area (Å²) in [6, 6.07) is 9.49. The van der Waals surface area contributed by atoms with E-state index in [4.69, 9.17) is 4.74 Å². The Hall–Kier alpha value is -2.56. The molecule has 1 unspecified atom stereocenters. The maximum absolute atomic E-state index is 12.6. The number of methoxy groups -OCH3 is 1. The number of rotatable bonds is 3. The maximum atomic E-state index is 12.6. The Morgan fingerprint density at radius 2 is 2.09 bits per heavy atom. The summed E-state index contributed by atoms with van der Waals surface area (Å²) in [6.45, 7) is 4.24. The molecule has 23 heavy (non-hydrogen) atoms. The van der Waals surface area contributed by atoms with Gasteiger partial charge in [0.1, 0.15) is 0 Å². The van der Waals surface area contributed by atoms with E-state index in [1.807, 2.05) is 18.2 Å². The molecule has 1 heterocycles. The van der Waals surface area contributed by atoms with Crippen LogP contribution in [0.3, 0.4) is 0 Å². The number of nitrogens with one attached hydrogen (secondary N) is 1. The third-order valence-corrected chi connectivity index (χ3v) is 4.39. The van der Waals surface area contributed by atoms with Crippen molar-refractivity contribution < 1.29 is 14.6 Å². The lowest BCUT2D eigenvalue weighted by molar-refractivity contribution is 0.0894. The van der Waals surface area contributed by atoms with E-state index < -0.39 is 5.91 Å². The number of ether oxygens (including phenoxy) is 1. The first-order valence-corrected chi connectivity index (χ1v) is 7.54. The highest BCUT2D eigenvalue weighted by Crippen LogP contribution is 2.45. The van der Waals surface area contributed by atoms with Crippen LogP contribution < -0.4 is 10.1 Å². The molecule has 5 nitrogen and oxygen atoms in total. The third kappa shape index (κ3) is 2.63. The average molecular weight is 312 g/mol. The Kier molecular flexibility index (Phi) is 3.72. The van der Waals surface area contributed by atoms with Gasteiger partial charge in [-0.1, -0.05) is 38.1 Å². The molecule has 5 heteroatoms. The van der Waals surface area contributed by atoms with Gasteiger partial charge in [-0.25, -0.2) is 4.98 Å². The van der Waals surface area contributed by atoms with Crippen LogP contribution in [0.2, 0.25) is 0 Å². The summed E-state index contributed by atoms with van der Waals surface area (Å²) in [5, 5.41) is 13.1. The quantitative estimate of drug-likeness (QED) is 0.914. The molecular weight excluding hydrogens is 292 g/mol. The van der Waals surface area contributed by atoms with Crippen molar-refractivity contribution in [2.24, 2.45) is 5.41 Å². The average Bonchev–Trinajstić information content (AvgIpc) is 2.78. The van der Waals surface area contributed by atoms with Crippen LogP contribution in [0.15, 0.2) is 36.5 Å². The predicted octanol–water partition coefficient (Wildman–Crippen LogP) is 2.85. The van der Waals surface area contributed by atoms with Gasteiger partial charge in [0.25, 0.3) is 5.91 Å². The van der Waals surface area contributed by atoms with Gasteiger partial charge in [0.15, 0.2) is 17.2 Å². The normalized spacial score (nSPS) is 18.3. The molecule has 120 valence electrons. The van der Waals surface area contributed by atoms with Crippen molar-refractivity contribution in [2.75, 3.05) is 7.11 Å². The fourth-order valence-electron chi connectivity index (χ4n) is 3.23. The van der Waals surface area contributed by atoms with Gasteiger partial charge in [-0.3, -0.25) is 4.79 Å². The van der Waals surface area contributed by atoms with Crippen LogP contribution in [0, 0.1) is 5.41 Å². The van der Waals surface area contributed by atoms with Crippen molar-refractivity contribution >= 4 is 5.91 Å². The van der Waals surface area contributed by atoms with Crippen molar-refractivity contribution in [1.82, 2.24) is 10.3 Å². The first kappa shape index (κ1) is 15.3. The lowest BCUT2D eigenvalue weighted by Gasteiger charge is -2.28. The molecule has 0 radical (unpaired) electrons. The number of hydrogen-bond donors (Lipinski definition) is 2. The van der Waals surface area contributed by atoms with Crippen molar-refractivity contribution in [2.45, 2.75) is 26.3 Å². The fraction of sp³-hybridized carbons (Fsp3) is 0.333. The number of benzene rings is 1. The smallest absolute Gasteiger partial charge is 0.274 e. The first-order chi connectivity index (χ1) is 10.9. The molecule has 2 aromatic rings. The topological polar surface area (TPSA) is 71.5 Å². The minimum Gasteiger partial charge on any atom is -0.503 e. The molecule has 0 saturated heterocycles. The Balaban J connectivity index is 1.91. The molecule has 2 N–H and O–H groups in total. The van der Waals surface area contributed by atoms with E-state index in [0.717, 1.165) is 12.0 Å². The molecule has 0 spiro atoms. The van der Waals surface area contributed by atoms with Crippen LogP contribution in [-0.4, -0.2) is 23.1 Å². The van der Waals surface area contributed by atoms with E-state index in [1.165, 1.54) is 24.9 Å². The lowest BCUT2D eigenvalue weighted by Crippen LogP contribution is -2.36. The number of hydrogen-bond acceptors (Lipinski definition) is 4. The van der Waals surface area contributed by atoms with Crippen molar-refractivity contribution in [3.05, 3.63) is 53.3 Å². The molecule has 1 atom stereocenters. The zero-order valence-corrected chi connectivity index (χ0v) is 13.5. The Labute approximate surface area is 135 Å². The van der Waals surface area contributed by atoms with Crippen molar-refractivity contribution in [3.63, 3.8) is 0 Å². The van der Waals surface area contributed by atoms with Gasteiger partial charge in [-0.05, 0) is 23.0 Å². The molecule has 0 aliphatic heterocycles. The summed E-state index contributed by atoms with van der Waals surface area (Å²) >= 11 is 0. The Bertz CT molecular complexity index is 756. The van der Waals surface area contributed by atoms with Gasteiger partial charge in [0, 0.05) is 12.3 Å². The van der Waals surface area contributed by atoms with Gasteiger partial charge in [-0.15, -0.1) is 0 Å².